The Hall–Kier alpha value is -0.610. The Labute approximate surface area is 91.1 Å². The molecule has 0 heterocycles. The lowest BCUT2D eigenvalue weighted by Gasteiger charge is -2.27. The van der Waals surface area contributed by atoms with E-state index in [4.69, 9.17) is 15.2 Å². The Balaban J connectivity index is 2.01. The molecule has 0 unspecified atom stereocenters. The van der Waals surface area contributed by atoms with E-state index in [0.29, 0.717) is 25.2 Å². The molecule has 0 aromatic carbocycles. The Morgan fingerprint density at radius 3 is 2.40 bits per heavy atom. The molecule has 1 aliphatic carbocycles. The average Bonchev–Trinajstić information content (AvgIpc) is 2.25. The number of hydrogen-bond acceptors (Lipinski definition) is 3. The van der Waals surface area contributed by atoms with E-state index in [1.54, 1.807) is 7.11 Å². The predicted molar refractivity (Wildman–Crippen MR) is 57.4 cm³/mol. The van der Waals surface area contributed by atoms with Crippen molar-refractivity contribution in [2.24, 2.45) is 5.73 Å². The second-order valence-electron chi connectivity index (χ2n) is 4.08. The number of primary amides is 1. The molecule has 0 spiro atoms. The molecule has 1 aliphatic rings. The molecule has 1 fully saturated rings. The molecule has 15 heavy (non-hydrogen) atoms. The summed E-state index contributed by atoms with van der Waals surface area (Å²) < 4.78 is 10.9. The van der Waals surface area contributed by atoms with Gasteiger partial charge in [-0.3, -0.25) is 4.79 Å². The molecule has 0 bridgehead atoms. The monoisotopic (exact) mass is 215 g/mol. The second-order valence-corrected chi connectivity index (χ2v) is 4.08. The van der Waals surface area contributed by atoms with Crippen molar-refractivity contribution in [3.8, 4) is 0 Å². The van der Waals surface area contributed by atoms with E-state index >= 15 is 0 Å². The highest BCUT2D eigenvalue weighted by Gasteiger charge is 2.20. The lowest BCUT2D eigenvalue weighted by atomic mass is 9.95. The summed E-state index contributed by atoms with van der Waals surface area (Å²) >= 11 is 0. The summed E-state index contributed by atoms with van der Waals surface area (Å²) in [6, 6.07) is 0. The van der Waals surface area contributed by atoms with Gasteiger partial charge in [-0.25, -0.2) is 0 Å². The van der Waals surface area contributed by atoms with E-state index in [9.17, 15) is 4.79 Å². The molecule has 0 aromatic rings. The summed E-state index contributed by atoms with van der Waals surface area (Å²) in [6.45, 7) is 0.644. The van der Waals surface area contributed by atoms with Crippen molar-refractivity contribution in [3.63, 3.8) is 0 Å². The van der Waals surface area contributed by atoms with Crippen molar-refractivity contribution in [3.05, 3.63) is 0 Å². The minimum absolute atomic E-state index is 0.248. The molecule has 4 nitrogen and oxygen atoms in total. The van der Waals surface area contributed by atoms with Crippen molar-refractivity contribution in [2.45, 2.75) is 50.7 Å². The summed E-state index contributed by atoms with van der Waals surface area (Å²) in [7, 11) is 1.76. The second kappa shape index (κ2) is 6.80. The van der Waals surface area contributed by atoms with Gasteiger partial charge in [-0.1, -0.05) is 0 Å². The highest BCUT2D eigenvalue weighted by molar-refractivity contribution is 5.73. The lowest BCUT2D eigenvalue weighted by molar-refractivity contribution is -0.118. The maximum atomic E-state index is 10.5. The Bertz CT molecular complexity index is 188. The zero-order valence-corrected chi connectivity index (χ0v) is 9.41. The Kier molecular flexibility index (Phi) is 5.65. The lowest BCUT2D eigenvalue weighted by Crippen LogP contribution is -2.26. The first-order valence-electron chi connectivity index (χ1n) is 5.65. The van der Waals surface area contributed by atoms with Gasteiger partial charge in [-0.2, -0.15) is 0 Å². The Morgan fingerprint density at radius 1 is 1.27 bits per heavy atom. The maximum absolute atomic E-state index is 10.5. The number of methoxy groups -OCH3 is 1. The molecule has 1 rings (SSSR count). The third-order valence-electron chi connectivity index (χ3n) is 2.88. The normalized spacial score (nSPS) is 26.5. The first-order valence-corrected chi connectivity index (χ1v) is 5.65. The van der Waals surface area contributed by atoms with Crippen LogP contribution in [0.5, 0.6) is 0 Å². The fourth-order valence-corrected chi connectivity index (χ4v) is 1.93. The van der Waals surface area contributed by atoms with Gasteiger partial charge in [0.2, 0.25) is 5.91 Å². The van der Waals surface area contributed by atoms with Crippen LogP contribution in [0, 0.1) is 0 Å². The number of carbonyl (C=O) groups is 1. The van der Waals surface area contributed by atoms with E-state index in [1.165, 1.54) is 0 Å². The predicted octanol–water partition coefficient (Wildman–Crippen LogP) is 1.23. The highest BCUT2D eigenvalue weighted by Crippen LogP contribution is 2.22. The van der Waals surface area contributed by atoms with Crippen LogP contribution < -0.4 is 5.73 Å². The summed E-state index contributed by atoms with van der Waals surface area (Å²) in [5, 5.41) is 0. The van der Waals surface area contributed by atoms with Gasteiger partial charge in [0.15, 0.2) is 0 Å². The van der Waals surface area contributed by atoms with E-state index in [0.717, 1.165) is 32.1 Å². The number of hydrogen-bond donors (Lipinski definition) is 1. The maximum Gasteiger partial charge on any atom is 0.217 e. The molecule has 0 aromatic heterocycles. The summed E-state index contributed by atoms with van der Waals surface area (Å²) in [5.74, 6) is -0.248. The van der Waals surface area contributed by atoms with Crippen molar-refractivity contribution in [1.82, 2.24) is 0 Å². The fourth-order valence-electron chi connectivity index (χ4n) is 1.93. The van der Waals surface area contributed by atoms with E-state index < -0.39 is 0 Å². The molecule has 0 aliphatic heterocycles. The van der Waals surface area contributed by atoms with Crippen LogP contribution in [0.15, 0.2) is 0 Å². The van der Waals surface area contributed by atoms with Gasteiger partial charge in [0, 0.05) is 20.1 Å². The van der Waals surface area contributed by atoms with Crippen LogP contribution in [0.1, 0.15) is 38.5 Å². The minimum Gasteiger partial charge on any atom is -0.381 e. The average molecular weight is 215 g/mol. The third kappa shape index (κ3) is 5.14. The Morgan fingerprint density at radius 2 is 1.87 bits per heavy atom. The van der Waals surface area contributed by atoms with Gasteiger partial charge in [0.1, 0.15) is 0 Å². The number of carbonyl (C=O) groups excluding carboxylic acids is 1. The van der Waals surface area contributed by atoms with E-state index in [-0.39, 0.29) is 5.91 Å². The van der Waals surface area contributed by atoms with Crippen molar-refractivity contribution in [2.75, 3.05) is 13.7 Å². The summed E-state index contributed by atoms with van der Waals surface area (Å²) in [6.07, 6.45) is 6.21. The van der Waals surface area contributed by atoms with Crippen LogP contribution in [-0.4, -0.2) is 31.8 Å². The van der Waals surface area contributed by atoms with Crippen LogP contribution in [0.3, 0.4) is 0 Å². The van der Waals surface area contributed by atoms with Gasteiger partial charge in [0.25, 0.3) is 0 Å². The van der Waals surface area contributed by atoms with Crippen LogP contribution >= 0.6 is 0 Å². The molecule has 0 radical (unpaired) electrons. The van der Waals surface area contributed by atoms with Crippen LogP contribution in [0.25, 0.3) is 0 Å². The van der Waals surface area contributed by atoms with Gasteiger partial charge in [-0.15, -0.1) is 0 Å². The molecule has 0 atom stereocenters. The number of ether oxygens (including phenoxy) is 2. The SMILES string of the molecule is COC1CCC(OCCCC(N)=O)CC1. The number of nitrogens with two attached hydrogens (primary N) is 1. The molecule has 4 heteroatoms. The standard InChI is InChI=1S/C11H21NO3/c1-14-9-4-6-10(7-5-9)15-8-2-3-11(12)13/h9-10H,2-8H2,1H3,(H2,12,13). The molecule has 88 valence electrons. The molecular formula is C11H21NO3. The smallest absolute Gasteiger partial charge is 0.217 e. The number of amides is 1. The van der Waals surface area contributed by atoms with Crippen LogP contribution in [0.2, 0.25) is 0 Å². The van der Waals surface area contributed by atoms with Gasteiger partial charge >= 0.3 is 0 Å². The highest BCUT2D eigenvalue weighted by atomic mass is 16.5. The minimum atomic E-state index is -0.248. The van der Waals surface area contributed by atoms with E-state index in [2.05, 4.69) is 0 Å². The zero-order chi connectivity index (χ0) is 11.1. The molecule has 1 saturated carbocycles. The fraction of sp³-hybridized carbons (Fsp3) is 0.909. The molecule has 1 amide bonds. The zero-order valence-electron chi connectivity index (χ0n) is 9.41. The topological polar surface area (TPSA) is 61.6 Å². The van der Waals surface area contributed by atoms with E-state index in [1.807, 2.05) is 0 Å². The van der Waals surface area contributed by atoms with Gasteiger partial charge in [0.05, 0.1) is 12.2 Å². The first kappa shape index (κ1) is 12.5. The van der Waals surface area contributed by atoms with Crippen molar-refractivity contribution < 1.29 is 14.3 Å². The summed E-state index contributed by atoms with van der Waals surface area (Å²) in [4.78, 5) is 10.5. The van der Waals surface area contributed by atoms with Crippen molar-refractivity contribution in [1.29, 1.82) is 0 Å². The summed E-state index contributed by atoms with van der Waals surface area (Å²) in [5.41, 5.74) is 5.04. The molecule has 2 N–H and O–H groups in total. The largest absolute Gasteiger partial charge is 0.381 e. The van der Waals surface area contributed by atoms with Gasteiger partial charge < -0.3 is 15.2 Å². The molecule has 0 saturated heterocycles. The third-order valence-corrected chi connectivity index (χ3v) is 2.88. The van der Waals surface area contributed by atoms with Crippen LogP contribution in [0.4, 0.5) is 0 Å². The molecular weight excluding hydrogens is 194 g/mol. The quantitative estimate of drug-likeness (QED) is 0.678. The number of rotatable bonds is 6. The van der Waals surface area contributed by atoms with Crippen LogP contribution in [-0.2, 0) is 14.3 Å². The van der Waals surface area contributed by atoms with Gasteiger partial charge in [-0.05, 0) is 32.1 Å². The first-order chi connectivity index (χ1) is 7.22. The van der Waals surface area contributed by atoms with Crippen molar-refractivity contribution >= 4 is 5.91 Å².